The number of nitrogens with zero attached hydrogens (tertiary/aromatic N) is 3. The molecule has 4 rings (SSSR count). The van der Waals surface area contributed by atoms with Gasteiger partial charge in [-0.1, -0.05) is 17.7 Å². The van der Waals surface area contributed by atoms with E-state index in [1.165, 1.54) is 0 Å². The fraction of sp³-hybridized carbons (Fsp3) is 0.444. The highest BCUT2D eigenvalue weighted by molar-refractivity contribution is 6.31. The Morgan fingerprint density at radius 1 is 1.16 bits per heavy atom. The predicted octanol–water partition coefficient (Wildman–Crippen LogP) is 3.53. The quantitative estimate of drug-likeness (QED) is 0.903. The van der Waals surface area contributed by atoms with Crippen molar-refractivity contribution in [2.75, 3.05) is 36.5 Å². The van der Waals surface area contributed by atoms with Crippen molar-refractivity contribution in [3.8, 4) is 0 Å². The lowest BCUT2D eigenvalue weighted by atomic mass is 10.0. The Balaban J connectivity index is 1.45. The van der Waals surface area contributed by atoms with Crippen LogP contribution in [0.15, 0.2) is 30.5 Å². The Morgan fingerprint density at radius 3 is 2.64 bits per heavy atom. The van der Waals surface area contributed by atoms with Gasteiger partial charge in [0, 0.05) is 42.8 Å². The van der Waals surface area contributed by atoms with Crippen LogP contribution in [0.3, 0.4) is 0 Å². The summed E-state index contributed by atoms with van der Waals surface area (Å²) < 4.78 is 11.6. The first kappa shape index (κ1) is 16.6. The maximum atomic E-state index is 6.18. The van der Waals surface area contributed by atoms with Crippen LogP contribution in [0.5, 0.6) is 0 Å². The van der Waals surface area contributed by atoms with E-state index in [1.807, 2.05) is 31.2 Å². The fourth-order valence-corrected chi connectivity index (χ4v) is 3.43. The second kappa shape index (κ2) is 6.78. The molecule has 2 fully saturated rings. The van der Waals surface area contributed by atoms with E-state index >= 15 is 0 Å². The van der Waals surface area contributed by atoms with Gasteiger partial charge in [-0.2, -0.15) is 4.98 Å². The lowest BCUT2D eigenvalue weighted by Crippen LogP contribution is -2.45. The molecule has 0 atom stereocenters. The van der Waals surface area contributed by atoms with E-state index in [0.717, 1.165) is 48.0 Å². The molecule has 1 spiro atoms. The third-order valence-corrected chi connectivity index (χ3v) is 5.14. The van der Waals surface area contributed by atoms with Crippen molar-refractivity contribution in [1.29, 1.82) is 0 Å². The number of benzene rings is 1. The molecule has 2 saturated heterocycles. The maximum absolute atomic E-state index is 6.18. The van der Waals surface area contributed by atoms with Crippen molar-refractivity contribution < 1.29 is 9.47 Å². The normalized spacial score (nSPS) is 19.4. The first-order valence-electron chi connectivity index (χ1n) is 8.53. The molecule has 25 heavy (non-hydrogen) atoms. The van der Waals surface area contributed by atoms with Gasteiger partial charge in [-0.15, -0.1) is 0 Å². The third kappa shape index (κ3) is 3.56. The summed E-state index contributed by atoms with van der Waals surface area (Å²) in [5.74, 6) is 1.10. The number of aromatic nitrogens is 2. The van der Waals surface area contributed by atoms with E-state index in [1.54, 1.807) is 6.20 Å². The van der Waals surface area contributed by atoms with Crippen molar-refractivity contribution >= 4 is 29.1 Å². The highest BCUT2D eigenvalue weighted by Crippen LogP contribution is 2.33. The number of aryl methyl sites for hydroxylation is 1. The Kier molecular flexibility index (Phi) is 4.50. The monoisotopic (exact) mass is 360 g/mol. The Morgan fingerprint density at radius 2 is 1.92 bits per heavy atom. The average Bonchev–Trinajstić information content (AvgIpc) is 3.07. The minimum Gasteiger partial charge on any atom is -0.356 e. The zero-order valence-electron chi connectivity index (χ0n) is 14.2. The minimum absolute atomic E-state index is 0.372. The molecule has 0 unspecified atom stereocenters. The molecule has 0 amide bonds. The lowest BCUT2D eigenvalue weighted by molar-refractivity contribution is -0.169. The highest BCUT2D eigenvalue weighted by atomic mass is 35.5. The highest BCUT2D eigenvalue weighted by Gasteiger charge is 2.40. The summed E-state index contributed by atoms with van der Waals surface area (Å²) in [5.41, 5.74) is 1.92. The lowest BCUT2D eigenvalue weighted by Gasteiger charge is -2.38. The molecule has 132 valence electrons. The molecule has 6 nitrogen and oxygen atoms in total. The molecule has 2 aromatic rings. The van der Waals surface area contributed by atoms with Crippen LogP contribution in [0, 0.1) is 6.92 Å². The van der Waals surface area contributed by atoms with Crippen LogP contribution in [0.4, 0.5) is 17.5 Å². The van der Waals surface area contributed by atoms with Crippen molar-refractivity contribution in [3.63, 3.8) is 0 Å². The second-order valence-corrected chi connectivity index (χ2v) is 6.83. The van der Waals surface area contributed by atoms with Crippen molar-refractivity contribution in [1.82, 2.24) is 9.97 Å². The van der Waals surface area contributed by atoms with Crippen LogP contribution in [0.2, 0.25) is 5.02 Å². The van der Waals surface area contributed by atoms with E-state index in [2.05, 4.69) is 20.2 Å². The van der Waals surface area contributed by atoms with Crippen molar-refractivity contribution in [2.45, 2.75) is 25.6 Å². The van der Waals surface area contributed by atoms with Gasteiger partial charge in [0.05, 0.1) is 13.2 Å². The first-order chi connectivity index (χ1) is 12.1. The standard InChI is InChI=1S/C18H21ClN4O2/c1-13-2-3-14(12-15(13)19)21-17-20-7-4-16(22-17)23-8-5-18(6-9-23)24-10-11-25-18/h2-4,7,12H,5-6,8-11H2,1H3,(H,20,21,22). The summed E-state index contributed by atoms with van der Waals surface area (Å²) in [5, 5.41) is 3.94. The number of hydrogen-bond donors (Lipinski definition) is 1. The van der Waals surface area contributed by atoms with E-state index in [-0.39, 0.29) is 5.79 Å². The summed E-state index contributed by atoms with van der Waals surface area (Å²) in [6.07, 6.45) is 3.48. The molecule has 0 bridgehead atoms. The third-order valence-electron chi connectivity index (χ3n) is 4.73. The Hall–Kier alpha value is -1.89. The van der Waals surface area contributed by atoms with Crippen molar-refractivity contribution in [2.24, 2.45) is 0 Å². The molecule has 1 aromatic carbocycles. The van der Waals surface area contributed by atoms with E-state index in [9.17, 15) is 0 Å². The minimum atomic E-state index is -0.372. The largest absolute Gasteiger partial charge is 0.356 e. The van der Waals surface area contributed by atoms with Crippen LogP contribution in [-0.2, 0) is 9.47 Å². The second-order valence-electron chi connectivity index (χ2n) is 6.42. The zero-order valence-corrected chi connectivity index (χ0v) is 14.9. The summed E-state index contributed by atoms with van der Waals surface area (Å²) in [6.45, 7) is 5.07. The summed E-state index contributed by atoms with van der Waals surface area (Å²) in [6, 6.07) is 7.75. The molecule has 7 heteroatoms. The van der Waals surface area contributed by atoms with Gasteiger partial charge in [-0.3, -0.25) is 0 Å². The van der Waals surface area contributed by atoms with Crippen LogP contribution in [0.25, 0.3) is 0 Å². The number of ether oxygens (including phenoxy) is 2. The van der Waals surface area contributed by atoms with Crippen LogP contribution in [-0.4, -0.2) is 42.1 Å². The topological polar surface area (TPSA) is 59.5 Å². The summed E-state index contributed by atoms with van der Waals surface area (Å²) in [7, 11) is 0. The summed E-state index contributed by atoms with van der Waals surface area (Å²) in [4.78, 5) is 11.2. The Bertz CT molecular complexity index is 754. The number of piperidine rings is 1. The number of halogens is 1. The van der Waals surface area contributed by atoms with E-state index in [4.69, 9.17) is 21.1 Å². The fourth-order valence-electron chi connectivity index (χ4n) is 3.25. The molecule has 3 heterocycles. The number of anilines is 3. The van der Waals surface area contributed by atoms with Gasteiger partial charge in [0.15, 0.2) is 5.79 Å². The molecular weight excluding hydrogens is 340 g/mol. The number of hydrogen-bond acceptors (Lipinski definition) is 6. The van der Waals surface area contributed by atoms with Gasteiger partial charge >= 0.3 is 0 Å². The van der Waals surface area contributed by atoms with Gasteiger partial charge in [0.1, 0.15) is 5.82 Å². The van der Waals surface area contributed by atoms with E-state index < -0.39 is 0 Å². The molecule has 0 radical (unpaired) electrons. The predicted molar refractivity (Wildman–Crippen MR) is 97.6 cm³/mol. The molecule has 1 N–H and O–H groups in total. The molecule has 0 saturated carbocycles. The van der Waals surface area contributed by atoms with Crippen LogP contribution in [0.1, 0.15) is 18.4 Å². The maximum Gasteiger partial charge on any atom is 0.229 e. The average molecular weight is 361 g/mol. The van der Waals surface area contributed by atoms with Gasteiger partial charge in [-0.05, 0) is 30.7 Å². The molecule has 1 aromatic heterocycles. The Labute approximate surface area is 152 Å². The first-order valence-corrected chi connectivity index (χ1v) is 8.90. The summed E-state index contributed by atoms with van der Waals surface area (Å²) >= 11 is 6.18. The van der Waals surface area contributed by atoms with Crippen LogP contribution >= 0.6 is 11.6 Å². The van der Waals surface area contributed by atoms with Crippen molar-refractivity contribution in [3.05, 3.63) is 41.0 Å². The van der Waals surface area contributed by atoms with Gasteiger partial charge in [-0.25, -0.2) is 4.98 Å². The SMILES string of the molecule is Cc1ccc(Nc2nccc(N3CCC4(CC3)OCCO4)n2)cc1Cl. The smallest absolute Gasteiger partial charge is 0.229 e. The molecule has 2 aliphatic heterocycles. The zero-order chi connectivity index (χ0) is 17.3. The van der Waals surface area contributed by atoms with Crippen LogP contribution < -0.4 is 10.2 Å². The van der Waals surface area contributed by atoms with Gasteiger partial charge < -0.3 is 19.7 Å². The van der Waals surface area contributed by atoms with E-state index in [0.29, 0.717) is 19.2 Å². The van der Waals surface area contributed by atoms with Gasteiger partial charge in [0.25, 0.3) is 0 Å². The van der Waals surface area contributed by atoms with Gasteiger partial charge in [0.2, 0.25) is 5.95 Å². The molecular formula is C18H21ClN4O2. The molecule has 0 aliphatic carbocycles. The number of rotatable bonds is 3. The number of nitrogens with one attached hydrogen (secondary N) is 1. The molecule has 2 aliphatic rings.